The van der Waals surface area contributed by atoms with E-state index in [0.717, 1.165) is 30.8 Å². The molecule has 0 atom stereocenters. The fourth-order valence-electron chi connectivity index (χ4n) is 4.35. The van der Waals surface area contributed by atoms with Crippen LogP contribution in [0.2, 0.25) is 0 Å². The van der Waals surface area contributed by atoms with Gasteiger partial charge < -0.3 is 5.32 Å². The number of nitrogens with one attached hydrogen (secondary N) is 1. The molecule has 6 nitrogen and oxygen atoms in total. The molecular weight excluding hydrogens is 390 g/mol. The van der Waals surface area contributed by atoms with Crippen molar-refractivity contribution in [2.24, 2.45) is 0 Å². The number of rotatable bonds is 7. The summed E-state index contributed by atoms with van der Waals surface area (Å²) < 4.78 is 0. The van der Waals surface area contributed by atoms with Crippen LogP contribution < -0.4 is 5.32 Å². The number of piperidine rings is 1. The monoisotopic (exact) mass is 419 g/mol. The van der Waals surface area contributed by atoms with Crippen LogP contribution in [-0.4, -0.2) is 47.2 Å². The highest BCUT2D eigenvalue weighted by Gasteiger charge is 2.35. The Balaban J connectivity index is 1.30. The normalized spacial score (nSPS) is 16.5. The van der Waals surface area contributed by atoms with Crippen LogP contribution in [0.4, 0.5) is 0 Å². The number of likely N-dealkylation sites (tertiary alicyclic amines) is 1. The molecule has 0 radical (unpaired) electrons. The van der Waals surface area contributed by atoms with Gasteiger partial charge in [-0.25, -0.2) is 0 Å². The van der Waals surface area contributed by atoms with Gasteiger partial charge in [-0.15, -0.1) is 0 Å². The van der Waals surface area contributed by atoms with Crippen LogP contribution in [0.5, 0.6) is 0 Å². The average Bonchev–Trinajstić information content (AvgIpc) is 3.01. The van der Waals surface area contributed by atoms with E-state index >= 15 is 0 Å². The van der Waals surface area contributed by atoms with E-state index in [0.29, 0.717) is 17.7 Å². The van der Waals surface area contributed by atoms with Gasteiger partial charge in [0.25, 0.3) is 11.8 Å². The first-order valence-electron chi connectivity index (χ1n) is 11.1. The number of benzene rings is 2. The molecule has 162 valence electrons. The molecule has 0 aromatic heterocycles. The Morgan fingerprint density at radius 2 is 1.65 bits per heavy atom. The van der Waals surface area contributed by atoms with E-state index in [1.807, 2.05) is 31.2 Å². The van der Waals surface area contributed by atoms with Crippen molar-refractivity contribution >= 4 is 17.7 Å². The molecule has 6 heteroatoms. The molecule has 31 heavy (non-hydrogen) atoms. The molecule has 4 rings (SSSR count). The van der Waals surface area contributed by atoms with Crippen LogP contribution in [0.3, 0.4) is 0 Å². The third kappa shape index (κ3) is 4.85. The Hall–Kier alpha value is -2.99. The lowest BCUT2D eigenvalue weighted by atomic mass is 10.0. The smallest absolute Gasteiger partial charge is 0.261 e. The molecule has 2 aliphatic rings. The predicted molar refractivity (Wildman–Crippen MR) is 119 cm³/mol. The Morgan fingerprint density at radius 3 is 2.42 bits per heavy atom. The second-order valence-electron chi connectivity index (χ2n) is 8.44. The number of amides is 3. The molecule has 2 heterocycles. The number of hydrogen-bond donors (Lipinski definition) is 1. The first-order chi connectivity index (χ1) is 15.0. The van der Waals surface area contributed by atoms with Crippen LogP contribution in [0, 0.1) is 6.92 Å². The van der Waals surface area contributed by atoms with Gasteiger partial charge in [0.1, 0.15) is 0 Å². The lowest BCUT2D eigenvalue weighted by Gasteiger charge is -2.27. The fourth-order valence-corrected chi connectivity index (χ4v) is 4.35. The number of fused-ring (bicyclic) bond motifs is 1. The summed E-state index contributed by atoms with van der Waals surface area (Å²) in [5, 5.41) is 2.95. The van der Waals surface area contributed by atoms with Gasteiger partial charge in [-0.1, -0.05) is 42.3 Å². The van der Waals surface area contributed by atoms with Crippen molar-refractivity contribution in [1.29, 1.82) is 0 Å². The highest BCUT2D eigenvalue weighted by atomic mass is 16.2. The van der Waals surface area contributed by atoms with Crippen LogP contribution in [0.25, 0.3) is 0 Å². The summed E-state index contributed by atoms with van der Waals surface area (Å²) >= 11 is 0. The third-order valence-electron chi connectivity index (χ3n) is 6.13. The van der Waals surface area contributed by atoms with Gasteiger partial charge in [0.2, 0.25) is 5.91 Å². The maximum absolute atomic E-state index is 12.6. The molecule has 1 saturated heterocycles. The fraction of sp³-hybridized carbons (Fsp3) is 0.400. The van der Waals surface area contributed by atoms with E-state index in [4.69, 9.17) is 0 Å². The van der Waals surface area contributed by atoms with Crippen molar-refractivity contribution in [2.45, 2.75) is 45.7 Å². The van der Waals surface area contributed by atoms with Gasteiger partial charge in [-0.2, -0.15) is 0 Å². The number of carbonyl (C=O) groups is 3. The molecule has 2 aliphatic heterocycles. The van der Waals surface area contributed by atoms with E-state index in [1.165, 1.54) is 29.7 Å². The first kappa shape index (κ1) is 21.2. The van der Waals surface area contributed by atoms with Crippen molar-refractivity contribution in [3.05, 3.63) is 70.3 Å². The Bertz CT molecular complexity index is 995. The largest absolute Gasteiger partial charge is 0.352 e. The van der Waals surface area contributed by atoms with E-state index < -0.39 is 0 Å². The van der Waals surface area contributed by atoms with Crippen molar-refractivity contribution in [2.75, 3.05) is 19.6 Å². The second kappa shape index (κ2) is 9.43. The first-order valence-corrected chi connectivity index (χ1v) is 11.1. The van der Waals surface area contributed by atoms with E-state index in [2.05, 4.69) is 16.3 Å². The molecule has 2 aromatic carbocycles. The van der Waals surface area contributed by atoms with Gasteiger partial charge in [0, 0.05) is 26.1 Å². The summed E-state index contributed by atoms with van der Waals surface area (Å²) in [6.45, 7) is 5.58. The van der Waals surface area contributed by atoms with Gasteiger partial charge in [0.05, 0.1) is 11.1 Å². The zero-order chi connectivity index (χ0) is 21.8. The van der Waals surface area contributed by atoms with E-state index in [-0.39, 0.29) is 30.7 Å². The standard InChI is InChI=1S/C25H29N3O3/c1-18-9-10-21-22(15-18)25(31)28(24(21)30)14-11-23(29)26-16-19-7-3-4-8-20(19)17-27-12-5-2-6-13-27/h3-4,7-10,15H,2,5-6,11-14,16-17H2,1H3,(H,26,29). The minimum absolute atomic E-state index is 0.0899. The van der Waals surface area contributed by atoms with Gasteiger partial charge in [0.15, 0.2) is 0 Å². The summed E-state index contributed by atoms with van der Waals surface area (Å²) in [6, 6.07) is 13.4. The minimum atomic E-state index is -0.320. The summed E-state index contributed by atoms with van der Waals surface area (Å²) in [7, 11) is 0. The molecular formula is C25H29N3O3. The SMILES string of the molecule is Cc1ccc2c(c1)C(=O)N(CCC(=O)NCc1ccccc1CN1CCCCC1)C2=O. The number of nitrogens with zero attached hydrogens (tertiary/aromatic N) is 2. The van der Waals surface area contributed by atoms with Crippen molar-refractivity contribution in [3.8, 4) is 0 Å². The molecule has 0 aliphatic carbocycles. The predicted octanol–water partition coefficient (Wildman–Crippen LogP) is 3.28. The second-order valence-corrected chi connectivity index (χ2v) is 8.44. The molecule has 0 bridgehead atoms. The lowest BCUT2D eigenvalue weighted by Crippen LogP contribution is -2.34. The summed E-state index contributed by atoms with van der Waals surface area (Å²) in [5.74, 6) is -0.802. The lowest BCUT2D eigenvalue weighted by molar-refractivity contribution is -0.121. The van der Waals surface area contributed by atoms with Crippen molar-refractivity contribution in [1.82, 2.24) is 15.1 Å². The number of aryl methyl sites for hydroxylation is 1. The topological polar surface area (TPSA) is 69.7 Å². The van der Waals surface area contributed by atoms with Crippen molar-refractivity contribution < 1.29 is 14.4 Å². The van der Waals surface area contributed by atoms with Crippen LogP contribution >= 0.6 is 0 Å². The van der Waals surface area contributed by atoms with E-state index in [9.17, 15) is 14.4 Å². The molecule has 1 N–H and O–H groups in total. The highest BCUT2D eigenvalue weighted by Crippen LogP contribution is 2.24. The highest BCUT2D eigenvalue weighted by molar-refractivity contribution is 6.21. The maximum atomic E-state index is 12.6. The zero-order valence-electron chi connectivity index (χ0n) is 18.0. The molecule has 0 saturated carbocycles. The number of hydrogen-bond acceptors (Lipinski definition) is 4. The van der Waals surface area contributed by atoms with Gasteiger partial charge in [-0.05, 0) is 56.1 Å². The summed E-state index contributed by atoms with van der Waals surface area (Å²) in [5.41, 5.74) is 4.13. The molecule has 0 unspecified atom stereocenters. The Labute approximate surface area is 183 Å². The quantitative estimate of drug-likeness (QED) is 0.700. The summed E-state index contributed by atoms with van der Waals surface area (Å²) in [4.78, 5) is 41.2. The van der Waals surface area contributed by atoms with Gasteiger partial charge >= 0.3 is 0 Å². The van der Waals surface area contributed by atoms with Crippen LogP contribution in [-0.2, 0) is 17.9 Å². The zero-order valence-corrected chi connectivity index (χ0v) is 18.0. The third-order valence-corrected chi connectivity index (χ3v) is 6.13. The van der Waals surface area contributed by atoms with Crippen LogP contribution in [0.15, 0.2) is 42.5 Å². The van der Waals surface area contributed by atoms with Crippen molar-refractivity contribution in [3.63, 3.8) is 0 Å². The minimum Gasteiger partial charge on any atom is -0.352 e. The molecule has 3 amide bonds. The van der Waals surface area contributed by atoms with Crippen LogP contribution in [0.1, 0.15) is 63.1 Å². The summed E-state index contributed by atoms with van der Waals surface area (Å²) in [6.07, 6.45) is 3.90. The maximum Gasteiger partial charge on any atom is 0.261 e. The molecule has 1 fully saturated rings. The van der Waals surface area contributed by atoms with E-state index in [1.54, 1.807) is 12.1 Å². The molecule has 0 spiro atoms. The molecule has 2 aromatic rings. The average molecular weight is 420 g/mol. The number of imide groups is 1. The number of carbonyl (C=O) groups excluding carboxylic acids is 3. The van der Waals surface area contributed by atoms with Gasteiger partial charge in [-0.3, -0.25) is 24.2 Å². The Morgan fingerprint density at radius 1 is 0.935 bits per heavy atom. The Kier molecular flexibility index (Phi) is 6.47.